The highest BCUT2D eigenvalue weighted by Crippen LogP contribution is 2.21. The Morgan fingerprint density at radius 3 is 2.44 bits per heavy atom. The summed E-state index contributed by atoms with van der Waals surface area (Å²) in [6, 6.07) is 3.47. The van der Waals surface area contributed by atoms with Crippen LogP contribution in [0.3, 0.4) is 0 Å². The van der Waals surface area contributed by atoms with Gasteiger partial charge in [0.25, 0.3) is 0 Å². The van der Waals surface area contributed by atoms with Crippen molar-refractivity contribution in [3.8, 4) is 0 Å². The molecule has 0 unspecified atom stereocenters. The van der Waals surface area contributed by atoms with E-state index in [1.807, 2.05) is 6.92 Å². The number of Topliss-reactive ketones (excluding diaryl/α,β-unsaturated/α-hetero) is 1. The molecule has 16 heavy (non-hydrogen) atoms. The minimum absolute atomic E-state index is 0.0126. The van der Waals surface area contributed by atoms with E-state index >= 15 is 0 Å². The van der Waals surface area contributed by atoms with Crippen LogP contribution in [0.25, 0.3) is 0 Å². The SMILES string of the molecule is Cc1ccc(C(=O)CCC(=O)O)c(C)c1N. The number of benzene rings is 1. The van der Waals surface area contributed by atoms with Crippen LogP contribution in [0.5, 0.6) is 0 Å². The van der Waals surface area contributed by atoms with Crippen molar-refractivity contribution in [2.75, 3.05) is 5.73 Å². The highest BCUT2D eigenvalue weighted by atomic mass is 16.4. The van der Waals surface area contributed by atoms with Gasteiger partial charge in [-0.3, -0.25) is 9.59 Å². The predicted molar refractivity (Wildman–Crippen MR) is 61.5 cm³/mol. The normalized spacial score (nSPS) is 10.1. The summed E-state index contributed by atoms with van der Waals surface area (Å²) < 4.78 is 0. The third kappa shape index (κ3) is 2.59. The summed E-state index contributed by atoms with van der Waals surface area (Å²) >= 11 is 0. The van der Waals surface area contributed by atoms with Crippen molar-refractivity contribution in [1.82, 2.24) is 0 Å². The van der Waals surface area contributed by atoms with Gasteiger partial charge in [0.15, 0.2) is 5.78 Å². The van der Waals surface area contributed by atoms with E-state index in [-0.39, 0.29) is 18.6 Å². The Kier molecular flexibility index (Phi) is 3.66. The van der Waals surface area contributed by atoms with Crippen molar-refractivity contribution in [3.05, 3.63) is 28.8 Å². The lowest BCUT2D eigenvalue weighted by atomic mass is 9.98. The number of hydrogen-bond donors (Lipinski definition) is 2. The number of carbonyl (C=O) groups excluding carboxylic acids is 1. The minimum Gasteiger partial charge on any atom is -0.481 e. The number of nitrogen functional groups attached to an aromatic ring is 1. The fraction of sp³-hybridized carbons (Fsp3) is 0.333. The van der Waals surface area contributed by atoms with Crippen molar-refractivity contribution in [2.24, 2.45) is 0 Å². The molecule has 0 saturated carbocycles. The van der Waals surface area contributed by atoms with E-state index in [1.165, 1.54) is 0 Å². The number of carbonyl (C=O) groups is 2. The van der Waals surface area contributed by atoms with Crippen LogP contribution in [0.1, 0.15) is 34.3 Å². The van der Waals surface area contributed by atoms with Gasteiger partial charge in [-0.25, -0.2) is 0 Å². The van der Waals surface area contributed by atoms with Gasteiger partial charge in [-0.15, -0.1) is 0 Å². The topological polar surface area (TPSA) is 80.4 Å². The molecule has 0 aliphatic rings. The fourth-order valence-electron chi connectivity index (χ4n) is 1.52. The molecule has 0 bridgehead atoms. The minimum atomic E-state index is -0.967. The number of ketones is 1. The van der Waals surface area contributed by atoms with Crippen LogP contribution in [0.15, 0.2) is 12.1 Å². The third-order valence-corrected chi connectivity index (χ3v) is 2.60. The molecule has 0 aliphatic heterocycles. The first-order valence-electron chi connectivity index (χ1n) is 5.04. The summed E-state index contributed by atoms with van der Waals surface area (Å²) in [6.45, 7) is 3.64. The largest absolute Gasteiger partial charge is 0.481 e. The Balaban J connectivity index is 2.92. The number of aryl methyl sites for hydroxylation is 1. The molecule has 1 aromatic rings. The first kappa shape index (κ1) is 12.2. The van der Waals surface area contributed by atoms with Crippen molar-refractivity contribution in [2.45, 2.75) is 26.7 Å². The quantitative estimate of drug-likeness (QED) is 0.601. The van der Waals surface area contributed by atoms with E-state index in [4.69, 9.17) is 10.8 Å². The van der Waals surface area contributed by atoms with Gasteiger partial charge in [-0.2, -0.15) is 0 Å². The molecule has 0 radical (unpaired) electrons. The number of rotatable bonds is 4. The Morgan fingerprint density at radius 1 is 1.25 bits per heavy atom. The van der Waals surface area contributed by atoms with Crippen LogP contribution in [0, 0.1) is 13.8 Å². The third-order valence-electron chi connectivity index (χ3n) is 2.60. The first-order chi connectivity index (χ1) is 7.43. The average Bonchev–Trinajstić information content (AvgIpc) is 2.23. The zero-order valence-electron chi connectivity index (χ0n) is 9.41. The standard InChI is InChI=1S/C12H15NO3/c1-7-3-4-9(8(2)12(7)13)10(14)5-6-11(15)16/h3-4H,5-6,13H2,1-2H3,(H,15,16). The fourth-order valence-corrected chi connectivity index (χ4v) is 1.52. The Morgan fingerprint density at radius 2 is 1.88 bits per heavy atom. The Labute approximate surface area is 94.1 Å². The predicted octanol–water partition coefficient (Wildman–Crippen LogP) is 1.93. The molecular weight excluding hydrogens is 206 g/mol. The summed E-state index contributed by atoms with van der Waals surface area (Å²) in [4.78, 5) is 22.1. The molecule has 0 aromatic heterocycles. The molecule has 4 heteroatoms. The molecule has 0 fully saturated rings. The van der Waals surface area contributed by atoms with Gasteiger partial charge in [-0.1, -0.05) is 12.1 Å². The number of carboxylic acid groups (broad SMARTS) is 1. The van der Waals surface area contributed by atoms with E-state index in [0.29, 0.717) is 11.3 Å². The average molecular weight is 221 g/mol. The van der Waals surface area contributed by atoms with Gasteiger partial charge in [0.2, 0.25) is 0 Å². The van der Waals surface area contributed by atoms with Crippen molar-refractivity contribution in [3.63, 3.8) is 0 Å². The van der Waals surface area contributed by atoms with Gasteiger partial charge in [0, 0.05) is 17.7 Å². The molecule has 4 nitrogen and oxygen atoms in total. The number of aliphatic carboxylic acids is 1. The van der Waals surface area contributed by atoms with Gasteiger partial charge in [0.05, 0.1) is 6.42 Å². The second-order valence-electron chi connectivity index (χ2n) is 3.79. The number of anilines is 1. The zero-order chi connectivity index (χ0) is 12.3. The lowest BCUT2D eigenvalue weighted by Crippen LogP contribution is -2.07. The zero-order valence-corrected chi connectivity index (χ0v) is 9.41. The molecule has 1 rings (SSSR count). The molecule has 1 aromatic carbocycles. The van der Waals surface area contributed by atoms with Crippen molar-refractivity contribution >= 4 is 17.4 Å². The lowest BCUT2D eigenvalue weighted by Gasteiger charge is -2.09. The summed E-state index contributed by atoms with van der Waals surface area (Å²) in [5.74, 6) is -1.14. The van der Waals surface area contributed by atoms with E-state index in [1.54, 1.807) is 19.1 Å². The highest BCUT2D eigenvalue weighted by Gasteiger charge is 2.13. The summed E-state index contributed by atoms with van der Waals surface area (Å²) in [6.07, 6.45) is -0.134. The maximum Gasteiger partial charge on any atom is 0.303 e. The molecule has 3 N–H and O–H groups in total. The van der Waals surface area contributed by atoms with Crippen LogP contribution < -0.4 is 5.73 Å². The van der Waals surface area contributed by atoms with Crippen LogP contribution in [0.4, 0.5) is 5.69 Å². The summed E-state index contributed by atoms with van der Waals surface area (Å²) in [5.41, 5.74) is 8.58. The molecule has 86 valence electrons. The van der Waals surface area contributed by atoms with Crippen molar-refractivity contribution < 1.29 is 14.7 Å². The molecule has 0 saturated heterocycles. The molecular formula is C12H15NO3. The second kappa shape index (κ2) is 4.79. The van der Waals surface area contributed by atoms with Gasteiger partial charge >= 0.3 is 5.97 Å². The maximum atomic E-state index is 11.7. The lowest BCUT2D eigenvalue weighted by molar-refractivity contribution is -0.136. The molecule has 0 spiro atoms. The first-order valence-corrected chi connectivity index (χ1v) is 5.04. The number of carboxylic acids is 1. The Hall–Kier alpha value is -1.84. The van der Waals surface area contributed by atoms with Crippen LogP contribution in [-0.4, -0.2) is 16.9 Å². The second-order valence-corrected chi connectivity index (χ2v) is 3.79. The molecule has 0 atom stereocenters. The van der Waals surface area contributed by atoms with E-state index in [9.17, 15) is 9.59 Å². The van der Waals surface area contributed by atoms with Crippen LogP contribution in [0.2, 0.25) is 0 Å². The van der Waals surface area contributed by atoms with Crippen LogP contribution in [-0.2, 0) is 4.79 Å². The Bertz CT molecular complexity index is 438. The smallest absolute Gasteiger partial charge is 0.303 e. The van der Waals surface area contributed by atoms with E-state index < -0.39 is 5.97 Å². The monoisotopic (exact) mass is 221 g/mol. The van der Waals surface area contributed by atoms with Gasteiger partial charge in [0.1, 0.15) is 0 Å². The van der Waals surface area contributed by atoms with E-state index in [2.05, 4.69) is 0 Å². The molecule has 0 amide bonds. The van der Waals surface area contributed by atoms with E-state index in [0.717, 1.165) is 11.1 Å². The maximum absolute atomic E-state index is 11.7. The number of nitrogens with two attached hydrogens (primary N) is 1. The molecule has 0 aliphatic carbocycles. The van der Waals surface area contributed by atoms with Crippen LogP contribution >= 0.6 is 0 Å². The number of hydrogen-bond acceptors (Lipinski definition) is 3. The molecule has 0 heterocycles. The van der Waals surface area contributed by atoms with Gasteiger partial charge < -0.3 is 10.8 Å². The van der Waals surface area contributed by atoms with Crippen molar-refractivity contribution in [1.29, 1.82) is 0 Å². The highest BCUT2D eigenvalue weighted by molar-refractivity contribution is 5.99. The summed E-state index contributed by atoms with van der Waals surface area (Å²) in [7, 11) is 0. The van der Waals surface area contributed by atoms with Gasteiger partial charge in [-0.05, 0) is 25.0 Å². The summed E-state index contributed by atoms with van der Waals surface area (Å²) in [5, 5.41) is 8.50.